The summed E-state index contributed by atoms with van der Waals surface area (Å²) in [6.07, 6.45) is 6.35. The number of pyridine rings is 1. The molecule has 0 atom stereocenters. The van der Waals surface area contributed by atoms with Gasteiger partial charge in [-0.1, -0.05) is 12.1 Å². The second-order valence-electron chi connectivity index (χ2n) is 2.89. The lowest BCUT2D eigenvalue weighted by atomic mass is 10.3. The van der Waals surface area contributed by atoms with Crippen molar-refractivity contribution in [3.63, 3.8) is 0 Å². The molecule has 0 bridgehead atoms. The molecular weight excluding hydrogens is 166 g/mol. The number of rotatable bonds is 0. The van der Waals surface area contributed by atoms with Crippen molar-refractivity contribution in [2.75, 3.05) is 5.75 Å². The molecule has 0 N–H and O–H groups in total. The van der Waals surface area contributed by atoms with E-state index in [1.54, 1.807) is 0 Å². The standard InChI is InChI=1S/C10H7NS/c1-2-7-6-8-3-5-12-10(8)9(7)11-4-1/h1-4,6H,5H2. The highest BCUT2D eigenvalue weighted by Crippen LogP contribution is 2.33. The first kappa shape index (κ1) is 6.49. The van der Waals surface area contributed by atoms with Gasteiger partial charge in [-0.15, -0.1) is 11.8 Å². The topological polar surface area (TPSA) is 12.9 Å². The Balaban J connectivity index is 2.52. The van der Waals surface area contributed by atoms with Gasteiger partial charge in [0.1, 0.15) is 0 Å². The summed E-state index contributed by atoms with van der Waals surface area (Å²) < 4.78 is 0. The second-order valence-corrected chi connectivity index (χ2v) is 3.92. The van der Waals surface area contributed by atoms with Crippen LogP contribution in [0.25, 0.3) is 11.0 Å². The quantitative estimate of drug-likeness (QED) is 0.571. The van der Waals surface area contributed by atoms with Crippen molar-refractivity contribution in [2.24, 2.45) is 0 Å². The molecule has 0 saturated heterocycles. The Labute approximate surface area is 74.5 Å². The van der Waals surface area contributed by atoms with E-state index in [0.29, 0.717) is 0 Å². The van der Waals surface area contributed by atoms with E-state index in [4.69, 9.17) is 0 Å². The lowest BCUT2D eigenvalue weighted by molar-refractivity contribution is 1.23. The van der Waals surface area contributed by atoms with E-state index in [2.05, 4.69) is 23.2 Å². The number of thioether (sulfide) groups is 1. The molecule has 0 unspecified atom stereocenters. The molecule has 2 aliphatic rings. The number of nitrogens with zero attached hydrogens (tertiary/aromatic N) is 1. The first-order valence-electron chi connectivity index (χ1n) is 3.95. The van der Waals surface area contributed by atoms with Gasteiger partial charge in [-0.25, -0.2) is 0 Å². The zero-order valence-corrected chi connectivity index (χ0v) is 7.27. The van der Waals surface area contributed by atoms with Gasteiger partial charge in [0.05, 0.1) is 5.35 Å². The Morgan fingerprint density at radius 2 is 2.42 bits per heavy atom. The fourth-order valence-electron chi connectivity index (χ4n) is 1.61. The molecule has 1 nitrogen and oxygen atoms in total. The SMILES string of the molecule is C1=C2C=c3cccnc3=C2SC1. The summed E-state index contributed by atoms with van der Waals surface area (Å²) in [6, 6.07) is 4.11. The highest BCUT2D eigenvalue weighted by molar-refractivity contribution is 8.08. The van der Waals surface area contributed by atoms with Crippen molar-refractivity contribution in [2.45, 2.75) is 0 Å². The van der Waals surface area contributed by atoms with Crippen LogP contribution in [0.2, 0.25) is 0 Å². The number of hydrogen-bond donors (Lipinski definition) is 0. The molecule has 0 fully saturated rings. The Bertz CT molecular complexity index is 485. The zero-order chi connectivity index (χ0) is 7.97. The molecular formula is C10H7NS. The van der Waals surface area contributed by atoms with Crippen LogP contribution in [0.5, 0.6) is 0 Å². The molecule has 0 amide bonds. The highest BCUT2D eigenvalue weighted by atomic mass is 32.2. The van der Waals surface area contributed by atoms with E-state index < -0.39 is 0 Å². The molecule has 0 aromatic carbocycles. The number of hydrogen-bond acceptors (Lipinski definition) is 2. The van der Waals surface area contributed by atoms with Gasteiger partial charge in [0.15, 0.2) is 0 Å². The average molecular weight is 173 g/mol. The van der Waals surface area contributed by atoms with Crippen LogP contribution in [-0.2, 0) is 0 Å². The van der Waals surface area contributed by atoms with Crippen molar-refractivity contribution in [1.29, 1.82) is 0 Å². The molecule has 1 aliphatic heterocycles. The maximum absolute atomic E-state index is 4.37. The van der Waals surface area contributed by atoms with Crippen molar-refractivity contribution >= 4 is 22.7 Å². The molecule has 1 aromatic rings. The van der Waals surface area contributed by atoms with Crippen molar-refractivity contribution < 1.29 is 0 Å². The van der Waals surface area contributed by atoms with Crippen LogP contribution in [0, 0.1) is 0 Å². The summed E-state index contributed by atoms with van der Waals surface area (Å²) in [6.45, 7) is 0. The van der Waals surface area contributed by atoms with Crippen LogP contribution in [0.15, 0.2) is 30.0 Å². The predicted molar refractivity (Wildman–Crippen MR) is 51.9 cm³/mol. The lowest BCUT2D eigenvalue weighted by Gasteiger charge is -1.90. The summed E-state index contributed by atoms with van der Waals surface area (Å²) in [5, 5.41) is 2.44. The second kappa shape index (κ2) is 2.23. The third-order valence-electron chi connectivity index (χ3n) is 2.16. The molecule has 1 aliphatic carbocycles. The zero-order valence-electron chi connectivity index (χ0n) is 6.45. The summed E-state index contributed by atoms with van der Waals surface area (Å²) in [7, 11) is 0. The van der Waals surface area contributed by atoms with Gasteiger partial charge >= 0.3 is 0 Å². The first-order valence-corrected chi connectivity index (χ1v) is 4.94. The molecule has 58 valence electrons. The number of fused-ring (bicyclic) bond motifs is 2. The molecule has 2 heterocycles. The summed E-state index contributed by atoms with van der Waals surface area (Å²) in [5.74, 6) is 1.11. The van der Waals surface area contributed by atoms with Gasteiger partial charge < -0.3 is 0 Å². The monoisotopic (exact) mass is 173 g/mol. The molecule has 0 saturated carbocycles. The minimum absolute atomic E-state index is 1.11. The molecule has 0 spiro atoms. The molecule has 0 radical (unpaired) electrons. The Morgan fingerprint density at radius 3 is 3.42 bits per heavy atom. The minimum atomic E-state index is 1.11. The summed E-state index contributed by atoms with van der Waals surface area (Å²) in [4.78, 5) is 5.74. The normalized spacial score (nSPS) is 18.3. The fraction of sp³-hybridized carbons (Fsp3) is 0.100. The molecule has 1 aromatic heterocycles. The Morgan fingerprint density at radius 1 is 1.42 bits per heavy atom. The largest absolute Gasteiger partial charge is 0.255 e. The van der Waals surface area contributed by atoms with Crippen LogP contribution in [0.3, 0.4) is 0 Å². The third kappa shape index (κ3) is 0.730. The van der Waals surface area contributed by atoms with Gasteiger partial charge in [-0.2, -0.15) is 0 Å². The highest BCUT2D eigenvalue weighted by Gasteiger charge is 2.16. The predicted octanol–water partition coefficient (Wildman–Crippen LogP) is 0.657. The summed E-state index contributed by atoms with van der Waals surface area (Å²) in [5.41, 5.74) is 1.37. The maximum Gasteiger partial charge on any atom is 0.0843 e. The van der Waals surface area contributed by atoms with Crippen molar-refractivity contribution in [3.8, 4) is 0 Å². The van der Waals surface area contributed by atoms with Gasteiger partial charge in [-0.05, 0) is 17.7 Å². The average Bonchev–Trinajstić information content (AvgIpc) is 2.62. The van der Waals surface area contributed by atoms with E-state index in [-0.39, 0.29) is 0 Å². The van der Waals surface area contributed by atoms with Gasteiger partial charge in [0, 0.05) is 22.1 Å². The van der Waals surface area contributed by atoms with Crippen LogP contribution in [-0.4, -0.2) is 10.7 Å². The Hall–Kier alpha value is -1.02. The van der Waals surface area contributed by atoms with Crippen LogP contribution < -0.4 is 10.6 Å². The van der Waals surface area contributed by atoms with Crippen LogP contribution >= 0.6 is 11.8 Å². The summed E-state index contributed by atoms with van der Waals surface area (Å²) >= 11 is 1.89. The first-order chi connectivity index (χ1) is 5.95. The fourth-order valence-corrected chi connectivity index (χ4v) is 2.66. The van der Waals surface area contributed by atoms with Crippen molar-refractivity contribution in [3.05, 3.63) is 40.5 Å². The van der Waals surface area contributed by atoms with E-state index >= 15 is 0 Å². The molecule has 12 heavy (non-hydrogen) atoms. The van der Waals surface area contributed by atoms with Crippen LogP contribution in [0.4, 0.5) is 0 Å². The number of aromatic nitrogens is 1. The lowest BCUT2D eigenvalue weighted by Crippen LogP contribution is -2.25. The maximum atomic E-state index is 4.37. The van der Waals surface area contributed by atoms with Gasteiger partial charge in [0.25, 0.3) is 0 Å². The molecule has 2 heteroatoms. The van der Waals surface area contributed by atoms with Crippen molar-refractivity contribution in [1.82, 2.24) is 4.98 Å². The van der Waals surface area contributed by atoms with Crippen LogP contribution in [0.1, 0.15) is 0 Å². The van der Waals surface area contributed by atoms with Gasteiger partial charge in [-0.3, -0.25) is 4.98 Å². The Kier molecular flexibility index (Phi) is 1.21. The smallest absolute Gasteiger partial charge is 0.0843 e. The van der Waals surface area contributed by atoms with E-state index in [0.717, 1.165) is 5.75 Å². The third-order valence-corrected chi connectivity index (χ3v) is 3.21. The van der Waals surface area contributed by atoms with E-state index in [9.17, 15) is 0 Å². The van der Waals surface area contributed by atoms with E-state index in [1.165, 1.54) is 21.0 Å². The van der Waals surface area contributed by atoms with E-state index in [1.807, 2.05) is 24.0 Å². The van der Waals surface area contributed by atoms with Gasteiger partial charge in [0.2, 0.25) is 0 Å². The minimum Gasteiger partial charge on any atom is -0.255 e. The molecule has 3 rings (SSSR count).